The Bertz CT molecular complexity index is 799. The fourth-order valence-corrected chi connectivity index (χ4v) is 5.39. The molecule has 0 aliphatic heterocycles. The molecule has 0 rings (SSSR count). The van der Waals surface area contributed by atoms with Gasteiger partial charge in [0.2, 0.25) is 0 Å². The highest BCUT2D eigenvalue weighted by atomic mass is 31.2. The number of carbonyl (C=O) groups excluding carboxylic acids is 2. The molecule has 0 bridgehead atoms. The van der Waals surface area contributed by atoms with Gasteiger partial charge < -0.3 is 18.9 Å². The van der Waals surface area contributed by atoms with Crippen LogP contribution in [0.25, 0.3) is 0 Å². The normalized spacial score (nSPS) is 14.0. The van der Waals surface area contributed by atoms with Crippen LogP contribution in [0, 0.1) is 0 Å². The lowest BCUT2D eigenvalue weighted by Crippen LogP contribution is -2.37. The molecule has 0 saturated heterocycles. The zero-order valence-electron chi connectivity index (χ0n) is 29.6. The molecule has 0 aliphatic rings. The van der Waals surface area contributed by atoms with Crippen LogP contribution in [0.15, 0.2) is 12.2 Å². The SMILES string of the molecule is CCCCC/C=C\CCCCCCCC(=O)O[C@@H](COC(=O)CCCCCCCCCCC)COP(=O)(O)OCC[N+](C)(C)C. The van der Waals surface area contributed by atoms with Crippen molar-refractivity contribution >= 4 is 19.8 Å². The standard InChI is InChI=1S/C35H68NO8P/c1-6-8-10-12-14-16-17-18-20-22-24-26-28-35(38)44-33(32-43-45(39,40)42-30-29-36(3,4)5)31-41-34(37)27-25-23-21-19-15-13-11-9-7-2/h14,16,33H,6-13,15,17-32H2,1-5H3/p+1/b16-14-/t33-/m0/s1. The van der Waals surface area contributed by atoms with E-state index in [0.29, 0.717) is 23.9 Å². The Morgan fingerprint density at radius 3 is 1.69 bits per heavy atom. The summed E-state index contributed by atoms with van der Waals surface area (Å²) in [5.41, 5.74) is 0. The minimum absolute atomic E-state index is 0.0324. The molecule has 0 aliphatic carbocycles. The highest BCUT2D eigenvalue weighted by molar-refractivity contribution is 7.47. The molecule has 0 spiro atoms. The summed E-state index contributed by atoms with van der Waals surface area (Å²) in [5, 5.41) is 0. The van der Waals surface area contributed by atoms with E-state index in [1.807, 2.05) is 21.1 Å². The molecule has 9 nitrogen and oxygen atoms in total. The fraction of sp³-hybridized carbons (Fsp3) is 0.886. The van der Waals surface area contributed by atoms with Crippen LogP contribution in [0.4, 0.5) is 0 Å². The minimum atomic E-state index is -4.36. The third kappa shape index (κ3) is 32.5. The van der Waals surface area contributed by atoms with Crippen LogP contribution in [0.2, 0.25) is 0 Å². The van der Waals surface area contributed by atoms with Crippen LogP contribution in [0.5, 0.6) is 0 Å². The molecule has 10 heteroatoms. The number of phosphoric acid groups is 1. The van der Waals surface area contributed by atoms with Gasteiger partial charge in [0.05, 0.1) is 27.7 Å². The van der Waals surface area contributed by atoms with E-state index in [2.05, 4.69) is 26.0 Å². The lowest BCUT2D eigenvalue weighted by atomic mass is 10.1. The zero-order chi connectivity index (χ0) is 33.7. The first kappa shape index (κ1) is 43.8. The number of phosphoric ester groups is 1. The number of hydrogen-bond donors (Lipinski definition) is 1. The van der Waals surface area contributed by atoms with Gasteiger partial charge in [-0.3, -0.25) is 18.6 Å². The topological polar surface area (TPSA) is 108 Å². The molecule has 0 aromatic rings. The van der Waals surface area contributed by atoms with E-state index in [1.165, 1.54) is 64.2 Å². The smallest absolute Gasteiger partial charge is 0.462 e. The number of unbranched alkanes of at least 4 members (excludes halogenated alkanes) is 16. The Hall–Kier alpha value is -1.25. The van der Waals surface area contributed by atoms with E-state index in [9.17, 15) is 19.0 Å². The molecule has 0 saturated carbocycles. The molecule has 266 valence electrons. The molecule has 0 aromatic heterocycles. The minimum Gasteiger partial charge on any atom is -0.462 e. The highest BCUT2D eigenvalue weighted by Gasteiger charge is 2.27. The van der Waals surface area contributed by atoms with Gasteiger partial charge in [0.15, 0.2) is 6.10 Å². The van der Waals surface area contributed by atoms with Crippen LogP contribution in [-0.4, -0.2) is 74.9 Å². The van der Waals surface area contributed by atoms with Crippen molar-refractivity contribution in [3.63, 3.8) is 0 Å². The van der Waals surface area contributed by atoms with Gasteiger partial charge in [0.25, 0.3) is 0 Å². The molecule has 0 radical (unpaired) electrons. The summed E-state index contributed by atoms with van der Waals surface area (Å²) in [5.74, 6) is -0.812. The van der Waals surface area contributed by atoms with E-state index >= 15 is 0 Å². The van der Waals surface area contributed by atoms with Crippen LogP contribution in [0.1, 0.15) is 149 Å². The van der Waals surface area contributed by atoms with Gasteiger partial charge in [-0.2, -0.15) is 0 Å². The zero-order valence-corrected chi connectivity index (χ0v) is 30.5. The van der Waals surface area contributed by atoms with Crippen molar-refractivity contribution in [2.75, 3.05) is 47.5 Å². The van der Waals surface area contributed by atoms with Gasteiger partial charge in [-0.15, -0.1) is 0 Å². The van der Waals surface area contributed by atoms with E-state index in [4.69, 9.17) is 18.5 Å². The van der Waals surface area contributed by atoms with Crippen molar-refractivity contribution in [1.82, 2.24) is 0 Å². The highest BCUT2D eigenvalue weighted by Crippen LogP contribution is 2.43. The summed E-state index contributed by atoms with van der Waals surface area (Å²) in [6.07, 6.45) is 25.5. The first-order valence-corrected chi connectivity index (χ1v) is 19.4. The lowest BCUT2D eigenvalue weighted by Gasteiger charge is -2.24. The van der Waals surface area contributed by atoms with Crippen LogP contribution in [0.3, 0.4) is 0 Å². The van der Waals surface area contributed by atoms with Crippen molar-refractivity contribution in [2.45, 2.75) is 155 Å². The quantitative estimate of drug-likeness (QED) is 0.0250. The molecule has 45 heavy (non-hydrogen) atoms. The maximum atomic E-state index is 12.6. The Balaban J connectivity index is 4.49. The van der Waals surface area contributed by atoms with Gasteiger partial charge in [-0.25, -0.2) is 4.57 Å². The van der Waals surface area contributed by atoms with Gasteiger partial charge >= 0.3 is 19.8 Å². The molecule has 1 unspecified atom stereocenters. The Kier molecular flexibility index (Phi) is 28.1. The number of nitrogens with zero attached hydrogens (tertiary/aromatic N) is 1. The number of allylic oxidation sites excluding steroid dienone is 2. The number of esters is 2. The number of hydrogen-bond acceptors (Lipinski definition) is 7. The number of ether oxygens (including phenoxy) is 2. The summed E-state index contributed by atoms with van der Waals surface area (Å²) in [6.45, 7) is 4.34. The summed E-state index contributed by atoms with van der Waals surface area (Å²) >= 11 is 0. The monoisotopic (exact) mass is 662 g/mol. The predicted molar refractivity (Wildman–Crippen MR) is 183 cm³/mol. The van der Waals surface area contributed by atoms with E-state index in [0.717, 1.165) is 51.4 Å². The van der Waals surface area contributed by atoms with Gasteiger partial charge in [0, 0.05) is 12.8 Å². The average molecular weight is 663 g/mol. The first-order chi connectivity index (χ1) is 21.5. The van der Waals surface area contributed by atoms with E-state index in [-0.39, 0.29) is 25.6 Å². The van der Waals surface area contributed by atoms with Crippen molar-refractivity contribution < 1.29 is 42.1 Å². The predicted octanol–water partition coefficient (Wildman–Crippen LogP) is 9.07. The summed E-state index contributed by atoms with van der Waals surface area (Å²) in [6, 6.07) is 0. The van der Waals surface area contributed by atoms with E-state index < -0.39 is 26.5 Å². The maximum absolute atomic E-state index is 12.6. The van der Waals surface area contributed by atoms with Crippen molar-refractivity contribution in [1.29, 1.82) is 0 Å². The van der Waals surface area contributed by atoms with E-state index in [1.54, 1.807) is 0 Å². The molecule has 0 heterocycles. The van der Waals surface area contributed by atoms with Gasteiger partial charge in [0.1, 0.15) is 19.8 Å². The second-order valence-corrected chi connectivity index (χ2v) is 14.7. The number of carbonyl (C=O) groups is 2. The molecule has 0 fully saturated rings. The number of likely N-dealkylation sites (N-methyl/N-ethyl adjacent to an activating group) is 1. The second kappa shape index (κ2) is 28.9. The van der Waals surface area contributed by atoms with Crippen molar-refractivity contribution in [3.8, 4) is 0 Å². The molecular formula is C35H69NO8P+. The van der Waals surface area contributed by atoms with Crippen molar-refractivity contribution in [2.24, 2.45) is 0 Å². The number of quaternary nitrogens is 1. The molecule has 1 N–H and O–H groups in total. The van der Waals surface area contributed by atoms with Crippen LogP contribution < -0.4 is 0 Å². The van der Waals surface area contributed by atoms with Crippen molar-refractivity contribution in [3.05, 3.63) is 12.2 Å². The summed E-state index contributed by atoms with van der Waals surface area (Å²) in [4.78, 5) is 35.0. The Morgan fingerprint density at radius 1 is 0.667 bits per heavy atom. The van der Waals surface area contributed by atoms with Gasteiger partial charge in [-0.05, 0) is 38.5 Å². The van der Waals surface area contributed by atoms with Gasteiger partial charge in [-0.1, -0.05) is 109 Å². The summed E-state index contributed by atoms with van der Waals surface area (Å²) in [7, 11) is 1.47. The number of rotatable bonds is 32. The summed E-state index contributed by atoms with van der Waals surface area (Å²) < 4.78 is 34.0. The maximum Gasteiger partial charge on any atom is 0.472 e. The lowest BCUT2D eigenvalue weighted by molar-refractivity contribution is -0.870. The molecule has 0 aromatic carbocycles. The Morgan fingerprint density at radius 2 is 1.13 bits per heavy atom. The average Bonchev–Trinajstić information content (AvgIpc) is 2.97. The largest absolute Gasteiger partial charge is 0.472 e. The van der Waals surface area contributed by atoms with Crippen LogP contribution in [-0.2, 0) is 32.7 Å². The third-order valence-electron chi connectivity index (χ3n) is 7.55. The first-order valence-electron chi connectivity index (χ1n) is 17.9. The van der Waals surface area contributed by atoms with Crippen LogP contribution >= 0.6 is 7.82 Å². The molecular weight excluding hydrogens is 593 g/mol. The second-order valence-electron chi connectivity index (χ2n) is 13.3. The third-order valence-corrected chi connectivity index (χ3v) is 8.53. The molecule has 2 atom stereocenters. The Labute approximate surface area is 276 Å². The fourth-order valence-electron chi connectivity index (χ4n) is 4.65. The molecule has 0 amide bonds.